The highest BCUT2D eigenvalue weighted by atomic mass is 32.2. The van der Waals surface area contributed by atoms with Gasteiger partial charge >= 0.3 is 0 Å². The Morgan fingerprint density at radius 1 is 0.789 bits per heavy atom. The van der Waals surface area contributed by atoms with Crippen molar-refractivity contribution in [3.63, 3.8) is 0 Å². The second kappa shape index (κ2) is 6.50. The normalized spacial score (nSPS) is 11.4. The second-order valence-electron chi connectivity index (χ2n) is 4.25. The number of hydrogen-bond donors (Lipinski definition) is 0. The average Bonchev–Trinajstić information content (AvgIpc) is 2.40. The Hall–Kier alpha value is -1.65. The Morgan fingerprint density at radius 3 is 1.89 bits per heavy atom. The molecule has 0 bridgehead atoms. The van der Waals surface area contributed by atoms with E-state index in [4.69, 9.17) is 4.18 Å². The average molecular weight is 276 g/mol. The number of hydrogen-bond acceptors (Lipinski definition) is 3. The fourth-order valence-corrected chi connectivity index (χ4v) is 2.77. The van der Waals surface area contributed by atoms with Crippen LogP contribution >= 0.6 is 0 Å². The predicted octanol–water partition coefficient (Wildman–Crippen LogP) is 2.78. The van der Waals surface area contributed by atoms with Crippen LogP contribution in [0, 0.1) is 0 Å². The molecule has 0 saturated heterocycles. The monoisotopic (exact) mass is 276 g/mol. The van der Waals surface area contributed by atoms with Crippen molar-refractivity contribution in [3.05, 3.63) is 71.8 Å². The smallest absolute Gasteiger partial charge is 0.270 e. The van der Waals surface area contributed by atoms with Crippen LogP contribution in [-0.4, -0.2) is 15.0 Å². The summed E-state index contributed by atoms with van der Waals surface area (Å²) in [5.41, 5.74) is 1.81. The summed E-state index contributed by atoms with van der Waals surface area (Å²) in [5, 5.41) is 0. The lowest BCUT2D eigenvalue weighted by Crippen LogP contribution is -2.11. The molecule has 2 aromatic rings. The molecule has 100 valence electrons. The molecule has 0 spiro atoms. The molecule has 0 heterocycles. The molecule has 0 unspecified atom stereocenters. The van der Waals surface area contributed by atoms with E-state index in [1.54, 1.807) is 12.1 Å². The van der Waals surface area contributed by atoms with Crippen LogP contribution in [0.2, 0.25) is 0 Å². The first-order chi connectivity index (χ1) is 9.16. The molecular weight excluding hydrogens is 260 g/mol. The molecule has 4 heteroatoms. The minimum absolute atomic E-state index is 0.0807. The summed E-state index contributed by atoms with van der Waals surface area (Å²) in [6, 6.07) is 18.7. The van der Waals surface area contributed by atoms with E-state index >= 15 is 0 Å². The topological polar surface area (TPSA) is 43.4 Å². The molecule has 0 aliphatic heterocycles. The number of rotatable bonds is 6. The van der Waals surface area contributed by atoms with Crippen molar-refractivity contribution in [2.75, 3.05) is 6.61 Å². The van der Waals surface area contributed by atoms with Crippen molar-refractivity contribution >= 4 is 10.1 Å². The molecule has 0 amide bonds. The van der Waals surface area contributed by atoms with E-state index in [2.05, 4.69) is 0 Å². The van der Waals surface area contributed by atoms with Gasteiger partial charge in [0, 0.05) is 0 Å². The standard InChI is InChI=1S/C15H16O3S/c16-19(17,13-15-9-5-2-6-10-15)18-12-11-14-7-3-1-4-8-14/h1-10H,11-13H2. The summed E-state index contributed by atoms with van der Waals surface area (Å²) in [5.74, 6) is -0.0807. The highest BCUT2D eigenvalue weighted by Crippen LogP contribution is 2.08. The third-order valence-electron chi connectivity index (χ3n) is 2.68. The molecule has 19 heavy (non-hydrogen) atoms. The highest BCUT2D eigenvalue weighted by molar-refractivity contribution is 7.85. The zero-order valence-corrected chi connectivity index (χ0v) is 11.3. The molecule has 0 aromatic heterocycles. The summed E-state index contributed by atoms with van der Waals surface area (Å²) >= 11 is 0. The van der Waals surface area contributed by atoms with Crippen molar-refractivity contribution in [3.8, 4) is 0 Å². The SMILES string of the molecule is O=S(=O)(Cc1ccccc1)OCCc1ccccc1. The molecule has 2 rings (SSSR count). The van der Waals surface area contributed by atoms with Gasteiger partial charge in [-0.2, -0.15) is 8.42 Å². The fourth-order valence-electron chi connectivity index (χ4n) is 1.75. The fraction of sp³-hybridized carbons (Fsp3) is 0.200. The third-order valence-corrected chi connectivity index (χ3v) is 3.90. The zero-order chi connectivity index (χ0) is 13.6. The van der Waals surface area contributed by atoms with Crippen LogP contribution in [0.25, 0.3) is 0 Å². The maximum absolute atomic E-state index is 11.8. The van der Waals surface area contributed by atoms with Gasteiger partial charge in [-0.1, -0.05) is 60.7 Å². The van der Waals surface area contributed by atoms with Crippen LogP contribution in [0.4, 0.5) is 0 Å². The van der Waals surface area contributed by atoms with E-state index < -0.39 is 10.1 Å². The van der Waals surface area contributed by atoms with Crippen LogP contribution in [0.5, 0.6) is 0 Å². The van der Waals surface area contributed by atoms with Crippen molar-refractivity contribution < 1.29 is 12.6 Å². The molecule has 0 atom stereocenters. The van der Waals surface area contributed by atoms with Crippen LogP contribution in [-0.2, 0) is 26.5 Å². The molecule has 2 aromatic carbocycles. The van der Waals surface area contributed by atoms with Crippen molar-refractivity contribution in [2.24, 2.45) is 0 Å². The summed E-state index contributed by atoms with van der Waals surface area (Å²) in [4.78, 5) is 0. The molecule has 0 fully saturated rings. The van der Waals surface area contributed by atoms with E-state index in [-0.39, 0.29) is 12.4 Å². The maximum Gasteiger partial charge on any atom is 0.271 e. The Bertz CT molecular complexity index is 592. The highest BCUT2D eigenvalue weighted by Gasteiger charge is 2.12. The van der Waals surface area contributed by atoms with Gasteiger partial charge in [-0.05, 0) is 17.5 Å². The van der Waals surface area contributed by atoms with E-state index in [1.807, 2.05) is 48.5 Å². The second-order valence-corrected chi connectivity index (χ2v) is 5.88. The minimum atomic E-state index is -3.50. The van der Waals surface area contributed by atoms with Gasteiger partial charge in [-0.25, -0.2) is 0 Å². The van der Waals surface area contributed by atoms with Crippen molar-refractivity contribution in [2.45, 2.75) is 12.2 Å². The van der Waals surface area contributed by atoms with Gasteiger partial charge in [-0.3, -0.25) is 4.18 Å². The van der Waals surface area contributed by atoms with Crippen LogP contribution < -0.4 is 0 Å². The zero-order valence-electron chi connectivity index (χ0n) is 10.5. The van der Waals surface area contributed by atoms with Gasteiger partial charge in [0.15, 0.2) is 0 Å². The number of benzene rings is 2. The lowest BCUT2D eigenvalue weighted by Gasteiger charge is -2.05. The van der Waals surface area contributed by atoms with Crippen molar-refractivity contribution in [1.29, 1.82) is 0 Å². The van der Waals surface area contributed by atoms with Gasteiger partial charge in [0.25, 0.3) is 10.1 Å². The van der Waals surface area contributed by atoms with Gasteiger partial charge < -0.3 is 0 Å². The molecule has 0 saturated carbocycles. The van der Waals surface area contributed by atoms with E-state index in [9.17, 15) is 8.42 Å². The quantitative estimate of drug-likeness (QED) is 0.762. The summed E-state index contributed by atoms with van der Waals surface area (Å²) in [6.45, 7) is 0.180. The molecule has 0 N–H and O–H groups in total. The molecule has 0 radical (unpaired) electrons. The lowest BCUT2D eigenvalue weighted by molar-refractivity contribution is 0.321. The maximum atomic E-state index is 11.8. The van der Waals surface area contributed by atoms with E-state index in [0.29, 0.717) is 6.42 Å². The van der Waals surface area contributed by atoms with Gasteiger partial charge in [0.05, 0.1) is 6.61 Å². The first-order valence-electron chi connectivity index (χ1n) is 6.11. The van der Waals surface area contributed by atoms with Crippen LogP contribution in [0.15, 0.2) is 60.7 Å². The Morgan fingerprint density at radius 2 is 1.32 bits per heavy atom. The van der Waals surface area contributed by atoms with Gasteiger partial charge in [0.1, 0.15) is 5.75 Å². The Kier molecular flexibility index (Phi) is 4.71. The van der Waals surface area contributed by atoms with E-state index in [1.165, 1.54) is 0 Å². The van der Waals surface area contributed by atoms with E-state index in [0.717, 1.165) is 11.1 Å². The first kappa shape index (κ1) is 13.8. The lowest BCUT2D eigenvalue weighted by atomic mass is 10.2. The summed E-state index contributed by atoms with van der Waals surface area (Å²) in [7, 11) is -3.50. The van der Waals surface area contributed by atoms with Gasteiger partial charge in [-0.15, -0.1) is 0 Å². The molecule has 0 aliphatic rings. The largest absolute Gasteiger partial charge is 0.271 e. The molecule has 0 aliphatic carbocycles. The third kappa shape index (κ3) is 4.85. The van der Waals surface area contributed by atoms with Gasteiger partial charge in [0.2, 0.25) is 0 Å². The van der Waals surface area contributed by atoms with Crippen molar-refractivity contribution in [1.82, 2.24) is 0 Å². The van der Waals surface area contributed by atoms with Crippen LogP contribution in [0.3, 0.4) is 0 Å². The summed E-state index contributed by atoms with van der Waals surface area (Å²) < 4.78 is 28.5. The predicted molar refractivity (Wildman–Crippen MR) is 75.2 cm³/mol. The molecule has 3 nitrogen and oxygen atoms in total. The van der Waals surface area contributed by atoms with Crippen LogP contribution in [0.1, 0.15) is 11.1 Å². The Labute approximate surface area is 114 Å². The summed E-state index contributed by atoms with van der Waals surface area (Å²) in [6.07, 6.45) is 0.592. The Balaban J connectivity index is 1.85. The molecular formula is C15H16O3S. The minimum Gasteiger partial charge on any atom is -0.270 e. The first-order valence-corrected chi connectivity index (χ1v) is 7.68.